The van der Waals surface area contributed by atoms with E-state index in [1.165, 1.54) is 5.69 Å². The normalized spacial score (nSPS) is 16.6. The molecular weight excluding hydrogens is 334 g/mol. The van der Waals surface area contributed by atoms with Gasteiger partial charge in [-0.05, 0) is 35.2 Å². The number of nitrogens with one attached hydrogen (secondary N) is 1. The first-order valence-corrected chi connectivity index (χ1v) is 9.21. The smallest absolute Gasteiger partial charge is 0.101 e. The number of rotatable bonds is 2. The lowest BCUT2D eigenvalue weighted by Gasteiger charge is -2.35. The SMILES string of the molecule is CC(C)(C)[C@@H]1Cn2nc(-c3cccc(C#N)c3)c(-c3ccncc3)c2CN1. The molecule has 5 heteroatoms. The second-order valence-corrected chi connectivity index (χ2v) is 8.08. The molecule has 0 saturated carbocycles. The minimum Gasteiger partial charge on any atom is -0.306 e. The summed E-state index contributed by atoms with van der Waals surface area (Å²) >= 11 is 0. The molecule has 1 aliphatic rings. The monoisotopic (exact) mass is 357 g/mol. The van der Waals surface area contributed by atoms with Crippen molar-refractivity contribution in [2.75, 3.05) is 0 Å². The number of aromatic nitrogens is 3. The Labute approximate surface area is 159 Å². The maximum atomic E-state index is 9.29. The number of hydrogen-bond acceptors (Lipinski definition) is 4. The first-order chi connectivity index (χ1) is 13.0. The fourth-order valence-electron chi connectivity index (χ4n) is 3.62. The summed E-state index contributed by atoms with van der Waals surface area (Å²) in [6.45, 7) is 8.35. The highest BCUT2D eigenvalue weighted by atomic mass is 15.3. The van der Waals surface area contributed by atoms with E-state index in [0.717, 1.165) is 35.5 Å². The molecule has 136 valence electrons. The molecule has 0 aliphatic carbocycles. The first-order valence-electron chi connectivity index (χ1n) is 9.21. The zero-order valence-corrected chi connectivity index (χ0v) is 15.9. The van der Waals surface area contributed by atoms with Crippen molar-refractivity contribution in [2.24, 2.45) is 5.41 Å². The van der Waals surface area contributed by atoms with Crippen LogP contribution in [0.3, 0.4) is 0 Å². The van der Waals surface area contributed by atoms with Crippen LogP contribution in [-0.4, -0.2) is 20.8 Å². The van der Waals surface area contributed by atoms with Gasteiger partial charge in [0.1, 0.15) is 5.69 Å². The van der Waals surface area contributed by atoms with Crippen LogP contribution < -0.4 is 5.32 Å². The second kappa shape index (κ2) is 6.64. The topological polar surface area (TPSA) is 66.5 Å². The summed E-state index contributed by atoms with van der Waals surface area (Å²) in [7, 11) is 0. The molecular formula is C22H23N5. The minimum atomic E-state index is 0.154. The quantitative estimate of drug-likeness (QED) is 0.753. The molecule has 1 atom stereocenters. The zero-order valence-electron chi connectivity index (χ0n) is 15.9. The summed E-state index contributed by atoms with van der Waals surface area (Å²) in [5.41, 5.74) is 6.08. The van der Waals surface area contributed by atoms with Crippen LogP contribution in [-0.2, 0) is 13.1 Å². The van der Waals surface area contributed by atoms with Gasteiger partial charge in [0.15, 0.2) is 0 Å². The van der Waals surface area contributed by atoms with E-state index in [2.05, 4.69) is 41.8 Å². The summed E-state index contributed by atoms with van der Waals surface area (Å²) < 4.78 is 2.14. The molecule has 27 heavy (non-hydrogen) atoms. The van der Waals surface area contributed by atoms with E-state index in [0.29, 0.717) is 11.6 Å². The van der Waals surface area contributed by atoms with Gasteiger partial charge in [0.2, 0.25) is 0 Å². The van der Waals surface area contributed by atoms with Crippen molar-refractivity contribution in [1.82, 2.24) is 20.1 Å². The van der Waals surface area contributed by atoms with Crippen LogP contribution in [0.4, 0.5) is 0 Å². The average Bonchev–Trinajstić information content (AvgIpc) is 3.07. The number of nitriles is 1. The van der Waals surface area contributed by atoms with Crippen LogP contribution in [0.15, 0.2) is 48.8 Å². The highest BCUT2D eigenvalue weighted by Crippen LogP contribution is 2.37. The van der Waals surface area contributed by atoms with E-state index in [9.17, 15) is 5.26 Å². The minimum absolute atomic E-state index is 0.154. The Morgan fingerprint density at radius 3 is 2.63 bits per heavy atom. The van der Waals surface area contributed by atoms with Gasteiger partial charge in [-0.3, -0.25) is 9.67 Å². The van der Waals surface area contributed by atoms with Gasteiger partial charge in [0.25, 0.3) is 0 Å². The molecule has 0 bridgehead atoms. The Bertz CT molecular complexity index is 1010. The van der Waals surface area contributed by atoms with Crippen molar-refractivity contribution in [2.45, 2.75) is 39.9 Å². The first kappa shape index (κ1) is 17.4. The molecule has 1 aliphatic heterocycles. The molecule has 0 amide bonds. The Hall–Kier alpha value is -2.97. The molecule has 1 N–H and O–H groups in total. The van der Waals surface area contributed by atoms with Gasteiger partial charge in [-0.25, -0.2) is 0 Å². The third kappa shape index (κ3) is 3.24. The van der Waals surface area contributed by atoms with Gasteiger partial charge in [-0.1, -0.05) is 32.9 Å². The number of nitrogens with zero attached hydrogens (tertiary/aromatic N) is 4. The lowest BCUT2D eigenvalue weighted by atomic mass is 9.85. The van der Waals surface area contributed by atoms with Crippen LogP contribution in [0.5, 0.6) is 0 Å². The van der Waals surface area contributed by atoms with Gasteiger partial charge in [0, 0.05) is 36.1 Å². The fraction of sp³-hybridized carbons (Fsp3) is 0.318. The van der Waals surface area contributed by atoms with Gasteiger partial charge >= 0.3 is 0 Å². The zero-order chi connectivity index (χ0) is 19.0. The molecule has 0 radical (unpaired) electrons. The highest BCUT2D eigenvalue weighted by Gasteiger charge is 2.32. The molecule has 0 saturated heterocycles. The fourth-order valence-corrected chi connectivity index (χ4v) is 3.62. The number of fused-ring (bicyclic) bond motifs is 1. The van der Waals surface area contributed by atoms with Gasteiger partial charge in [-0.15, -0.1) is 0 Å². The third-order valence-electron chi connectivity index (χ3n) is 5.21. The molecule has 3 aromatic rings. The van der Waals surface area contributed by atoms with E-state index in [1.807, 2.05) is 48.8 Å². The predicted octanol–water partition coefficient (Wildman–Crippen LogP) is 4.00. The highest BCUT2D eigenvalue weighted by molar-refractivity contribution is 5.83. The van der Waals surface area contributed by atoms with Crippen molar-refractivity contribution in [3.8, 4) is 28.5 Å². The van der Waals surface area contributed by atoms with Gasteiger partial charge in [-0.2, -0.15) is 10.4 Å². The van der Waals surface area contributed by atoms with Gasteiger partial charge < -0.3 is 5.32 Å². The van der Waals surface area contributed by atoms with Crippen molar-refractivity contribution < 1.29 is 0 Å². The van der Waals surface area contributed by atoms with Crippen LogP contribution in [0.2, 0.25) is 0 Å². The molecule has 0 unspecified atom stereocenters. The molecule has 1 aromatic carbocycles. The molecule has 0 spiro atoms. The maximum absolute atomic E-state index is 9.29. The molecule has 0 fully saturated rings. The van der Waals surface area contributed by atoms with Crippen LogP contribution >= 0.6 is 0 Å². The summed E-state index contributed by atoms with van der Waals surface area (Å²) in [4.78, 5) is 4.16. The van der Waals surface area contributed by atoms with Crippen molar-refractivity contribution in [3.05, 3.63) is 60.0 Å². The number of benzene rings is 1. The maximum Gasteiger partial charge on any atom is 0.101 e. The Kier molecular flexibility index (Phi) is 4.29. The van der Waals surface area contributed by atoms with Crippen LogP contribution in [0.1, 0.15) is 32.0 Å². The Balaban J connectivity index is 1.89. The molecule has 4 rings (SSSR count). The Morgan fingerprint density at radius 1 is 1.15 bits per heavy atom. The summed E-state index contributed by atoms with van der Waals surface area (Å²) in [5, 5.41) is 18.0. The van der Waals surface area contributed by atoms with Gasteiger partial charge in [0.05, 0.1) is 23.9 Å². The summed E-state index contributed by atoms with van der Waals surface area (Å²) in [6, 6.07) is 14.3. The number of pyridine rings is 1. The van der Waals surface area contributed by atoms with E-state index in [-0.39, 0.29) is 5.41 Å². The molecule has 2 aromatic heterocycles. The third-order valence-corrected chi connectivity index (χ3v) is 5.21. The lowest BCUT2D eigenvalue weighted by molar-refractivity contribution is 0.211. The Morgan fingerprint density at radius 2 is 1.93 bits per heavy atom. The lowest BCUT2D eigenvalue weighted by Crippen LogP contribution is -2.47. The van der Waals surface area contributed by atoms with E-state index in [4.69, 9.17) is 5.10 Å². The van der Waals surface area contributed by atoms with Crippen LogP contribution in [0, 0.1) is 16.7 Å². The van der Waals surface area contributed by atoms with E-state index in [1.54, 1.807) is 0 Å². The van der Waals surface area contributed by atoms with E-state index >= 15 is 0 Å². The standard InChI is InChI=1S/C22H23N5/c1-22(2,3)19-14-27-18(13-25-19)20(16-7-9-24-10-8-16)21(26-27)17-6-4-5-15(11-17)12-23/h4-11,19,25H,13-14H2,1-3H3/t19-/m0/s1. The van der Waals surface area contributed by atoms with Crippen molar-refractivity contribution in [1.29, 1.82) is 5.26 Å². The van der Waals surface area contributed by atoms with Crippen LogP contribution in [0.25, 0.3) is 22.4 Å². The van der Waals surface area contributed by atoms with Crippen molar-refractivity contribution >= 4 is 0 Å². The summed E-state index contributed by atoms with van der Waals surface area (Å²) in [6.07, 6.45) is 3.62. The molecule has 3 heterocycles. The number of hydrogen-bond donors (Lipinski definition) is 1. The second-order valence-electron chi connectivity index (χ2n) is 8.08. The summed E-state index contributed by atoms with van der Waals surface area (Å²) in [5.74, 6) is 0. The average molecular weight is 357 g/mol. The predicted molar refractivity (Wildman–Crippen MR) is 106 cm³/mol. The molecule has 5 nitrogen and oxygen atoms in total. The van der Waals surface area contributed by atoms with E-state index < -0.39 is 0 Å². The largest absolute Gasteiger partial charge is 0.306 e. The van der Waals surface area contributed by atoms with Crippen molar-refractivity contribution in [3.63, 3.8) is 0 Å².